The van der Waals surface area contributed by atoms with E-state index in [0.29, 0.717) is 11.4 Å². The standard InChI is InChI=1S/C11H14N4O2S/c1-8-3-4-9(5-10(8)12)14-18(16,17)11-6-15(2)7-13-11/h3-7,14H,12H2,1-2H3. The molecular formula is C11H14N4O2S. The number of rotatable bonds is 3. The minimum Gasteiger partial charge on any atom is -0.398 e. The van der Waals surface area contributed by atoms with Crippen molar-refractivity contribution in [2.45, 2.75) is 11.9 Å². The van der Waals surface area contributed by atoms with Crippen molar-refractivity contribution in [1.29, 1.82) is 0 Å². The van der Waals surface area contributed by atoms with Crippen LogP contribution in [0.15, 0.2) is 35.7 Å². The van der Waals surface area contributed by atoms with E-state index in [4.69, 9.17) is 5.73 Å². The lowest BCUT2D eigenvalue weighted by molar-refractivity contribution is 0.598. The zero-order valence-electron chi connectivity index (χ0n) is 10.1. The number of sulfonamides is 1. The molecule has 6 nitrogen and oxygen atoms in total. The van der Waals surface area contributed by atoms with Gasteiger partial charge in [-0.2, -0.15) is 8.42 Å². The molecule has 0 spiro atoms. The van der Waals surface area contributed by atoms with Gasteiger partial charge in [0.1, 0.15) is 0 Å². The molecule has 0 aliphatic carbocycles. The van der Waals surface area contributed by atoms with Gasteiger partial charge in [0.15, 0.2) is 5.03 Å². The molecular weight excluding hydrogens is 252 g/mol. The summed E-state index contributed by atoms with van der Waals surface area (Å²) < 4.78 is 28.0. The van der Waals surface area contributed by atoms with E-state index in [-0.39, 0.29) is 5.03 Å². The number of anilines is 2. The maximum atomic E-state index is 12.0. The summed E-state index contributed by atoms with van der Waals surface area (Å²) in [6.45, 7) is 1.85. The summed E-state index contributed by atoms with van der Waals surface area (Å²) in [7, 11) is -1.96. The van der Waals surface area contributed by atoms with Gasteiger partial charge < -0.3 is 10.3 Å². The van der Waals surface area contributed by atoms with Crippen LogP contribution in [0, 0.1) is 6.92 Å². The minimum atomic E-state index is -3.66. The van der Waals surface area contributed by atoms with Crippen LogP contribution < -0.4 is 10.5 Å². The van der Waals surface area contributed by atoms with Crippen molar-refractivity contribution in [1.82, 2.24) is 9.55 Å². The van der Waals surface area contributed by atoms with Gasteiger partial charge in [-0.25, -0.2) is 4.98 Å². The highest BCUT2D eigenvalue weighted by molar-refractivity contribution is 7.92. The largest absolute Gasteiger partial charge is 0.398 e. The van der Waals surface area contributed by atoms with Gasteiger partial charge in [0.05, 0.1) is 12.0 Å². The van der Waals surface area contributed by atoms with Crippen LogP contribution in [0.5, 0.6) is 0 Å². The van der Waals surface area contributed by atoms with Crippen molar-refractivity contribution in [2.24, 2.45) is 7.05 Å². The number of benzene rings is 1. The predicted octanol–water partition coefficient (Wildman–Crippen LogP) is 1.11. The van der Waals surface area contributed by atoms with E-state index in [9.17, 15) is 8.42 Å². The van der Waals surface area contributed by atoms with Crippen LogP contribution in [0.25, 0.3) is 0 Å². The van der Waals surface area contributed by atoms with Crippen LogP contribution in [0.1, 0.15) is 5.56 Å². The average molecular weight is 266 g/mol. The van der Waals surface area contributed by atoms with Gasteiger partial charge in [-0.3, -0.25) is 4.72 Å². The van der Waals surface area contributed by atoms with E-state index in [1.807, 2.05) is 6.92 Å². The lowest BCUT2D eigenvalue weighted by atomic mass is 10.2. The summed E-state index contributed by atoms with van der Waals surface area (Å²) >= 11 is 0. The monoisotopic (exact) mass is 266 g/mol. The molecule has 96 valence electrons. The number of aromatic nitrogens is 2. The van der Waals surface area contributed by atoms with Gasteiger partial charge in [0.2, 0.25) is 0 Å². The van der Waals surface area contributed by atoms with E-state index in [1.165, 1.54) is 12.5 Å². The van der Waals surface area contributed by atoms with E-state index in [1.54, 1.807) is 29.8 Å². The fraction of sp³-hybridized carbons (Fsp3) is 0.182. The van der Waals surface area contributed by atoms with Crippen LogP contribution in [0.3, 0.4) is 0 Å². The zero-order chi connectivity index (χ0) is 13.3. The lowest BCUT2D eigenvalue weighted by Gasteiger charge is -2.07. The second-order valence-electron chi connectivity index (χ2n) is 4.05. The first-order valence-corrected chi connectivity index (χ1v) is 6.74. The summed E-state index contributed by atoms with van der Waals surface area (Å²) in [5.41, 5.74) is 7.58. The van der Waals surface area contributed by atoms with Gasteiger partial charge in [-0.05, 0) is 24.6 Å². The zero-order valence-corrected chi connectivity index (χ0v) is 10.9. The highest BCUT2D eigenvalue weighted by Gasteiger charge is 2.17. The Balaban J connectivity index is 2.30. The Kier molecular flexibility index (Phi) is 3.00. The summed E-state index contributed by atoms with van der Waals surface area (Å²) in [6, 6.07) is 4.99. The first-order valence-electron chi connectivity index (χ1n) is 5.25. The molecule has 0 fully saturated rings. The average Bonchev–Trinajstić information content (AvgIpc) is 2.71. The highest BCUT2D eigenvalue weighted by Crippen LogP contribution is 2.19. The first kappa shape index (κ1) is 12.4. The molecule has 0 bridgehead atoms. The number of nitrogen functional groups attached to an aromatic ring is 1. The molecule has 0 aliphatic rings. The van der Waals surface area contributed by atoms with Crippen LogP contribution in [-0.2, 0) is 17.1 Å². The quantitative estimate of drug-likeness (QED) is 0.814. The third kappa shape index (κ3) is 2.45. The van der Waals surface area contributed by atoms with Gasteiger partial charge in [0, 0.05) is 18.9 Å². The Bertz CT molecular complexity index is 676. The molecule has 0 unspecified atom stereocenters. The summed E-state index contributed by atoms with van der Waals surface area (Å²) in [6.07, 6.45) is 2.86. The fourth-order valence-corrected chi connectivity index (χ4v) is 2.47. The van der Waals surface area contributed by atoms with Crippen LogP contribution in [0.4, 0.5) is 11.4 Å². The molecule has 0 saturated heterocycles. The molecule has 18 heavy (non-hydrogen) atoms. The number of imidazole rings is 1. The molecule has 2 aromatic rings. The van der Waals surface area contributed by atoms with Gasteiger partial charge >= 0.3 is 0 Å². The number of nitrogens with one attached hydrogen (secondary N) is 1. The Hall–Kier alpha value is -2.02. The van der Waals surface area contributed by atoms with Gasteiger partial charge in [0.25, 0.3) is 10.0 Å². The molecule has 1 aromatic heterocycles. The Morgan fingerprint density at radius 2 is 2.11 bits per heavy atom. The Morgan fingerprint density at radius 1 is 1.39 bits per heavy atom. The van der Waals surface area contributed by atoms with Crippen molar-refractivity contribution in [3.05, 3.63) is 36.3 Å². The van der Waals surface area contributed by atoms with Gasteiger partial charge in [-0.15, -0.1) is 0 Å². The van der Waals surface area contributed by atoms with Crippen LogP contribution >= 0.6 is 0 Å². The number of hydrogen-bond donors (Lipinski definition) is 2. The Labute approximate surface area is 106 Å². The second kappa shape index (κ2) is 4.34. The number of nitrogens with zero attached hydrogens (tertiary/aromatic N) is 2. The van der Waals surface area contributed by atoms with Crippen molar-refractivity contribution in [2.75, 3.05) is 10.5 Å². The molecule has 0 radical (unpaired) electrons. The van der Waals surface area contributed by atoms with E-state index < -0.39 is 10.0 Å². The molecule has 7 heteroatoms. The third-order valence-corrected chi connectivity index (χ3v) is 3.75. The van der Waals surface area contributed by atoms with Crippen molar-refractivity contribution in [3.63, 3.8) is 0 Å². The molecule has 3 N–H and O–H groups in total. The smallest absolute Gasteiger partial charge is 0.280 e. The molecule has 0 aliphatic heterocycles. The van der Waals surface area contributed by atoms with Crippen molar-refractivity contribution >= 4 is 21.4 Å². The lowest BCUT2D eigenvalue weighted by Crippen LogP contribution is -2.13. The van der Waals surface area contributed by atoms with Gasteiger partial charge in [-0.1, -0.05) is 6.07 Å². The SMILES string of the molecule is Cc1ccc(NS(=O)(=O)c2cn(C)cn2)cc1N. The Morgan fingerprint density at radius 3 is 2.67 bits per heavy atom. The molecule has 0 atom stereocenters. The molecule has 1 heterocycles. The van der Waals surface area contributed by atoms with Crippen molar-refractivity contribution < 1.29 is 8.42 Å². The second-order valence-corrected chi connectivity index (χ2v) is 5.68. The van der Waals surface area contributed by atoms with E-state index >= 15 is 0 Å². The van der Waals surface area contributed by atoms with E-state index in [2.05, 4.69) is 9.71 Å². The maximum absolute atomic E-state index is 12.0. The normalized spacial score (nSPS) is 11.4. The topological polar surface area (TPSA) is 90.0 Å². The maximum Gasteiger partial charge on any atom is 0.280 e. The molecule has 0 saturated carbocycles. The number of hydrogen-bond acceptors (Lipinski definition) is 4. The van der Waals surface area contributed by atoms with E-state index in [0.717, 1.165) is 5.56 Å². The predicted molar refractivity (Wildman–Crippen MR) is 69.6 cm³/mol. The molecule has 1 aromatic carbocycles. The third-order valence-electron chi connectivity index (χ3n) is 2.49. The minimum absolute atomic E-state index is 0.0239. The summed E-state index contributed by atoms with van der Waals surface area (Å²) in [4.78, 5) is 3.80. The highest BCUT2D eigenvalue weighted by atomic mass is 32.2. The van der Waals surface area contributed by atoms with Crippen LogP contribution in [-0.4, -0.2) is 18.0 Å². The fourth-order valence-electron chi connectivity index (χ4n) is 1.44. The molecule has 0 amide bonds. The number of aryl methyl sites for hydroxylation is 2. The number of nitrogens with two attached hydrogens (primary N) is 1. The first-order chi connectivity index (χ1) is 8.38. The summed E-state index contributed by atoms with van der Waals surface area (Å²) in [5.74, 6) is 0. The summed E-state index contributed by atoms with van der Waals surface area (Å²) in [5, 5.41) is -0.0239. The molecule has 2 rings (SSSR count). The van der Waals surface area contributed by atoms with Crippen LogP contribution in [0.2, 0.25) is 0 Å². The van der Waals surface area contributed by atoms with Crippen molar-refractivity contribution in [3.8, 4) is 0 Å².